The normalized spacial score (nSPS) is 15.3. The van der Waals surface area contributed by atoms with Crippen LogP contribution in [0, 0.1) is 0 Å². The number of alkyl carbamates (subject to hydrolysis) is 1. The van der Waals surface area contributed by atoms with E-state index < -0.39 is 10.0 Å². The maximum atomic E-state index is 11.7. The van der Waals surface area contributed by atoms with Crippen LogP contribution < -0.4 is 10.1 Å². The summed E-state index contributed by atoms with van der Waals surface area (Å²) in [7, 11) is -0.641. The van der Waals surface area contributed by atoms with Gasteiger partial charge in [0.05, 0.1) is 33.0 Å². The zero-order valence-corrected chi connectivity index (χ0v) is 18.6. The first-order chi connectivity index (χ1) is 14.0. The minimum atomic E-state index is -0.641. The molecule has 1 aliphatic rings. The van der Waals surface area contributed by atoms with E-state index in [-0.39, 0.29) is 12.4 Å². The molecule has 1 aliphatic heterocycles. The molecule has 0 aromatic heterocycles. The molecule has 8 heteroatoms. The van der Waals surface area contributed by atoms with E-state index in [9.17, 15) is 4.79 Å². The fourth-order valence-corrected chi connectivity index (χ4v) is 3.33. The molecule has 1 aromatic carbocycles. The lowest BCUT2D eigenvalue weighted by Crippen LogP contribution is -2.29. The van der Waals surface area contributed by atoms with Crippen molar-refractivity contribution >= 4 is 16.1 Å². The predicted octanol–water partition coefficient (Wildman–Crippen LogP) is 3.16. The molecular weight excluding hydrogens is 394 g/mol. The third-order valence-electron chi connectivity index (χ3n) is 4.67. The van der Waals surface area contributed by atoms with Gasteiger partial charge in [0.2, 0.25) is 0 Å². The molecule has 29 heavy (non-hydrogen) atoms. The molecule has 1 N–H and O–H groups in total. The van der Waals surface area contributed by atoms with Crippen LogP contribution in [0.15, 0.2) is 24.3 Å². The van der Waals surface area contributed by atoms with Gasteiger partial charge in [-0.05, 0) is 36.0 Å². The standard InChI is InChI=1S/C21H35NO6S/c1-4-29(2,3)16-15-28-21(23)22-10-12-25-19-7-5-18(6-8-19)17-24-11-9-20-26-13-14-27-20/h5-8,20H,4,9-17H2,1-3H3,(H,22,23). The Labute approximate surface area is 175 Å². The zero-order valence-electron chi connectivity index (χ0n) is 17.8. The van der Waals surface area contributed by atoms with E-state index >= 15 is 0 Å². The summed E-state index contributed by atoms with van der Waals surface area (Å²) in [5, 5.41) is 2.71. The molecule has 0 spiro atoms. The van der Waals surface area contributed by atoms with Gasteiger partial charge < -0.3 is 29.0 Å². The second-order valence-electron chi connectivity index (χ2n) is 7.33. The number of hydrogen-bond acceptors (Lipinski definition) is 6. The highest BCUT2D eigenvalue weighted by molar-refractivity contribution is 8.32. The molecule has 0 aliphatic carbocycles. The predicted molar refractivity (Wildman–Crippen MR) is 116 cm³/mol. The first kappa shape index (κ1) is 23.8. The average Bonchev–Trinajstić information content (AvgIpc) is 3.23. The number of benzene rings is 1. The summed E-state index contributed by atoms with van der Waals surface area (Å²) >= 11 is 0. The van der Waals surface area contributed by atoms with Crippen LogP contribution in [-0.4, -0.2) is 76.0 Å². The molecule has 166 valence electrons. The minimum Gasteiger partial charge on any atom is -0.492 e. The lowest BCUT2D eigenvalue weighted by atomic mass is 10.2. The molecule has 0 unspecified atom stereocenters. The summed E-state index contributed by atoms with van der Waals surface area (Å²) < 4.78 is 27.2. The summed E-state index contributed by atoms with van der Waals surface area (Å²) in [4.78, 5) is 11.7. The van der Waals surface area contributed by atoms with Crippen molar-refractivity contribution in [3.8, 4) is 5.75 Å². The van der Waals surface area contributed by atoms with E-state index in [1.807, 2.05) is 24.3 Å². The van der Waals surface area contributed by atoms with Crippen molar-refractivity contribution in [2.75, 3.05) is 63.6 Å². The fraction of sp³-hybridized carbons (Fsp3) is 0.667. The van der Waals surface area contributed by atoms with Crippen molar-refractivity contribution in [1.29, 1.82) is 0 Å². The van der Waals surface area contributed by atoms with E-state index in [1.54, 1.807) is 0 Å². The Balaban J connectivity index is 1.51. The summed E-state index contributed by atoms with van der Waals surface area (Å²) in [6, 6.07) is 7.74. The highest BCUT2D eigenvalue weighted by Gasteiger charge is 2.15. The van der Waals surface area contributed by atoms with Crippen LogP contribution in [0.1, 0.15) is 18.9 Å². The lowest BCUT2D eigenvalue weighted by Gasteiger charge is -2.28. The molecular formula is C21H35NO6S. The Bertz CT molecular complexity index is 589. The molecule has 1 amide bonds. The average molecular weight is 430 g/mol. The van der Waals surface area contributed by atoms with Crippen molar-refractivity contribution in [2.45, 2.75) is 26.2 Å². The van der Waals surface area contributed by atoms with Gasteiger partial charge in [0.1, 0.15) is 19.0 Å². The Hall–Kier alpha value is -1.48. The van der Waals surface area contributed by atoms with E-state index in [0.29, 0.717) is 46.2 Å². The van der Waals surface area contributed by atoms with Crippen molar-refractivity contribution in [2.24, 2.45) is 0 Å². The largest absolute Gasteiger partial charge is 0.492 e. The van der Waals surface area contributed by atoms with Gasteiger partial charge in [-0.3, -0.25) is 0 Å². The number of rotatable bonds is 13. The summed E-state index contributed by atoms with van der Waals surface area (Å²) in [5.74, 6) is 2.83. The second-order valence-corrected chi connectivity index (χ2v) is 11.8. The van der Waals surface area contributed by atoms with E-state index in [4.69, 9.17) is 23.7 Å². The highest BCUT2D eigenvalue weighted by Crippen LogP contribution is 2.38. The summed E-state index contributed by atoms with van der Waals surface area (Å²) in [5.41, 5.74) is 1.07. The van der Waals surface area contributed by atoms with Crippen molar-refractivity contribution < 1.29 is 28.5 Å². The van der Waals surface area contributed by atoms with Crippen molar-refractivity contribution in [3.63, 3.8) is 0 Å². The van der Waals surface area contributed by atoms with Crippen LogP contribution in [0.4, 0.5) is 4.79 Å². The van der Waals surface area contributed by atoms with Gasteiger partial charge in [-0.1, -0.05) is 19.1 Å². The second kappa shape index (κ2) is 13.0. The van der Waals surface area contributed by atoms with Gasteiger partial charge in [-0.25, -0.2) is 14.8 Å². The summed E-state index contributed by atoms with van der Waals surface area (Å²) in [6.07, 6.45) is 4.73. The van der Waals surface area contributed by atoms with E-state index in [0.717, 1.165) is 29.2 Å². The first-order valence-corrected chi connectivity index (χ1v) is 12.9. The van der Waals surface area contributed by atoms with Gasteiger partial charge in [-0.2, -0.15) is 0 Å². The number of ether oxygens (including phenoxy) is 5. The monoisotopic (exact) mass is 429 g/mol. The SMILES string of the molecule is CCS(C)(C)CCOC(=O)NCCOc1ccc(COCCC2OCCO2)cc1. The van der Waals surface area contributed by atoms with Crippen molar-refractivity contribution in [1.82, 2.24) is 5.32 Å². The van der Waals surface area contributed by atoms with E-state index in [1.165, 1.54) is 0 Å². The van der Waals surface area contributed by atoms with Crippen LogP contribution in [0.3, 0.4) is 0 Å². The lowest BCUT2D eigenvalue weighted by molar-refractivity contribution is -0.0631. The van der Waals surface area contributed by atoms with Gasteiger partial charge in [0.25, 0.3) is 0 Å². The first-order valence-electron chi connectivity index (χ1n) is 10.1. The van der Waals surface area contributed by atoms with Crippen LogP contribution in [0.5, 0.6) is 5.75 Å². The number of amides is 1. The smallest absolute Gasteiger partial charge is 0.407 e. The molecule has 2 rings (SSSR count). The molecule has 1 saturated heterocycles. The summed E-state index contributed by atoms with van der Waals surface area (Å²) in [6.45, 7) is 5.90. The van der Waals surface area contributed by atoms with Crippen LogP contribution in [-0.2, 0) is 25.6 Å². The van der Waals surface area contributed by atoms with Gasteiger partial charge >= 0.3 is 6.09 Å². The van der Waals surface area contributed by atoms with Crippen LogP contribution >= 0.6 is 10.0 Å². The molecule has 0 bridgehead atoms. The minimum absolute atomic E-state index is 0.124. The van der Waals surface area contributed by atoms with Crippen LogP contribution in [0.25, 0.3) is 0 Å². The Kier molecular flexibility index (Phi) is 10.6. The number of carbonyl (C=O) groups excluding carboxylic acids is 1. The molecule has 7 nitrogen and oxygen atoms in total. The Morgan fingerprint density at radius 2 is 1.86 bits per heavy atom. The van der Waals surface area contributed by atoms with Gasteiger partial charge in [0, 0.05) is 12.2 Å². The zero-order chi connectivity index (χ0) is 21.0. The topological polar surface area (TPSA) is 75.3 Å². The fourth-order valence-electron chi connectivity index (χ4n) is 2.50. The Morgan fingerprint density at radius 3 is 2.55 bits per heavy atom. The molecule has 1 fully saturated rings. The number of hydrogen-bond donors (Lipinski definition) is 1. The number of carbonyl (C=O) groups is 1. The molecule has 0 saturated carbocycles. The number of nitrogens with one attached hydrogen (secondary N) is 1. The highest BCUT2D eigenvalue weighted by atomic mass is 32.3. The molecule has 1 aromatic rings. The molecule has 1 heterocycles. The third kappa shape index (κ3) is 10.2. The molecule has 0 atom stereocenters. The maximum Gasteiger partial charge on any atom is 0.407 e. The Morgan fingerprint density at radius 1 is 1.14 bits per heavy atom. The van der Waals surface area contributed by atoms with Crippen LogP contribution in [0.2, 0.25) is 0 Å². The quantitative estimate of drug-likeness (QED) is 0.486. The third-order valence-corrected chi connectivity index (χ3v) is 7.51. The van der Waals surface area contributed by atoms with Crippen molar-refractivity contribution in [3.05, 3.63) is 29.8 Å². The van der Waals surface area contributed by atoms with Gasteiger partial charge in [0.15, 0.2) is 6.29 Å². The van der Waals surface area contributed by atoms with E-state index in [2.05, 4.69) is 24.8 Å². The van der Waals surface area contributed by atoms with Gasteiger partial charge in [-0.15, -0.1) is 0 Å². The molecule has 0 radical (unpaired) electrons. The maximum absolute atomic E-state index is 11.7.